The smallest absolute Gasteiger partial charge is 0.255 e. The number of fused-ring (bicyclic) bond motifs is 1. The fraction of sp³-hybridized carbons (Fsp3) is 0.323. The number of halogens is 2. The van der Waals surface area contributed by atoms with Gasteiger partial charge in [-0.2, -0.15) is 0 Å². The van der Waals surface area contributed by atoms with Gasteiger partial charge in [0.1, 0.15) is 5.82 Å². The maximum absolute atomic E-state index is 13.3. The van der Waals surface area contributed by atoms with Crippen molar-refractivity contribution in [2.24, 2.45) is 17.8 Å². The maximum atomic E-state index is 13.3. The molecule has 8 rings (SSSR count). The van der Waals surface area contributed by atoms with E-state index >= 15 is 0 Å². The number of rotatable bonds is 5. The van der Waals surface area contributed by atoms with Crippen LogP contribution in [0.2, 0.25) is 10.0 Å². The van der Waals surface area contributed by atoms with Crippen molar-refractivity contribution in [1.29, 1.82) is 0 Å². The van der Waals surface area contributed by atoms with Crippen molar-refractivity contribution in [3.8, 4) is 11.4 Å². The van der Waals surface area contributed by atoms with Crippen LogP contribution in [0.1, 0.15) is 59.2 Å². The van der Waals surface area contributed by atoms with E-state index in [4.69, 9.17) is 28.2 Å². The van der Waals surface area contributed by atoms with Gasteiger partial charge in [-0.25, -0.2) is 4.98 Å². The topological polar surface area (TPSA) is 86.9 Å². The van der Waals surface area contributed by atoms with Crippen molar-refractivity contribution < 1.29 is 9.59 Å². The summed E-state index contributed by atoms with van der Waals surface area (Å²) in [6, 6.07) is 17.8. The van der Waals surface area contributed by atoms with Crippen molar-refractivity contribution in [2.75, 3.05) is 5.32 Å². The molecule has 0 radical (unpaired) electrons. The van der Waals surface area contributed by atoms with Crippen LogP contribution < -0.4 is 10.6 Å². The summed E-state index contributed by atoms with van der Waals surface area (Å²) in [5, 5.41) is 7.09. The number of H-pyrrole nitrogens is 1. The van der Waals surface area contributed by atoms with Gasteiger partial charge in [-0.1, -0.05) is 35.3 Å². The number of aromatic nitrogens is 2. The quantitative estimate of drug-likeness (QED) is 0.237. The van der Waals surface area contributed by atoms with Crippen LogP contribution in [-0.2, 0) is 0 Å². The molecule has 4 aliphatic rings. The zero-order chi connectivity index (χ0) is 26.7. The SMILES string of the molecule is O=C(Nc1ccc(Cl)c(Cl)c1)c1ccc(-c2nc3cc(C(=O)NC45CC6CC(CC(C6)C4)C5)ccc3[nH]2)cc1. The normalized spacial score (nSPS) is 25.1. The number of carbonyl (C=O) groups is 2. The van der Waals surface area contributed by atoms with Crippen molar-refractivity contribution in [3.05, 3.63) is 81.8 Å². The first-order valence-corrected chi connectivity index (χ1v) is 14.3. The minimum absolute atomic E-state index is 0.000685. The molecule has 4 saturated carbocycles. The lowest BCUT2D eigenvalue weighted by Crippen LogP contribution is -2.59. The van der Waals surface area contributed by atoms with E-state index in [1.54, 1.807) is 30.3 Å². The third-order valence-electron chi connectivity index (χ3n) is 8.76. The van der Waals surface area contributed by atoms with Crippen LogP contribution in [0.3, 0.4) is 0 Å². The predicted octanol–water partition coefficient (Wildman–Crippen LogP) is 7.49. The molecule has 39 heavy (non-hydrogen) atoms. The van der Waals surface area contributed by atoms with E-state index < -0.39 is 0 Å². The number of nitrogens with zero attached hydrogens (tertiary/aromatic N) is 1. The Bertz CT molecular complexity index is 1580. The minimum Gasteiger partial charge on any atom is -0.347 e. The number of benzene rings is 3. The van der Waals surface area contributed by atoms with E-state index in [2.05, 4.69) is 15.6 Å². The third kappa shape index (κ3) is 4.70. The molecule has 1 heterocycles. The Morgan fingerprint density at radius 2 is 1.46 bits per heavy atom. The molecule has 0 saturated heterocycles. The second-order valence-corrected chi connectivity index (χ2v) is 12.4. The largest absolute Gasteiger partial charge is 0.347 e. The molecule has 198 valence electrons. The highest BCUT2D eigenvalue weighted by Gasteiger charge is 2.51. The maximum Gasteiger partial charge on any atom is 0.255 e. The summed E-state index contributed by atoms with van der Waals surface area (Å²) in [7, 11) is 0. The van der Waals surface area contributed by atoms with Crippen LogP contribution in [0, 0.1) is 17.8 Å². The Morgan fingerprint density at radius 1 is 0.795 bits per heavy atom. The summed E-state index contributed by atoms with van der Waals surface area (Å²) in [6.45, 7) is 0. The molecule has 3 aromatic carbocycles. The number of hydrogen-bond acceptors (Lipinski definition) is 3. The average molecular weight is 559 g/mol. The van der Waals surface area contributed by atoms with Crippen molar-refractivity contribution >= 4 is 51.7 Å². The average Bonchev–Trinajstić information content (AvgIpc) is 3.33. The van der Waals surface area contributed by atoms with Crippen LogP contribution in [0.4, 0.5) is 5.69 Å². The van der Waals surface area contributed by atoms with Gasteiger partial charge in [-0.15, -0.1) is 0 Å². The van der Waals surface area contributed by atoms with Crippen LogP contribution >= 0.6 is 23.2 Å². The van der Waals surface area contributed by atoms with Gasteiger partial charge >= 0.3 is 0 Å². The van der Waals surface area contributed by atoms with Crippen LogP contribution in [0.5, 0.6) is 0 Å². The fourth-order valence-electron chi connectivity index (χ4n) is 7.42. The lowest BCUT2D eigenvalue weighted by molar-refractivity contribution is -0.0167. The predicted molar refractivity (Wildman–Crippen MR) is 154 cm³/mol. The first-order valence-electron chi connectivity index (χ1n) is 13.5. The van der Waals surface area contributed by atoms with Gasteiger partial charge < -0.3 is 15.6 Å². The molecule has 0 unspecified atom stereocenters. The summed E-state index contributed by atoms with van der Waals surface area (Å²) in [4.78, 5) is 34.1. The van der Waals surface area contributed by atoms with Crippen molar-refractivity contribution in [2.45, 2.75) is 44.1 Å². The van der Waals surface area contributed by atoms with Gasteiger partial charge in [0.05, 0.1) is 21.1 Å². The summed E-state index contributed by atoms with van der Waals surface area (Å²) >= 11 is 12.0. The van der Waals surface area contributed by atoms with Gasteiger partial charge in [0.25, 0.3) is 11.8 Å². The van der Waals surface area contributed by atoms with Crippen LogP contribution in [-0.4, -0.2) is 27.3 Å². The van der Waals surface area contributed by atoms with Crippen LogP contribution in [0.15, 0.2) is 60.7 Å². The van der Waals surface area contributed by atoms with Gasteiger partial charge in [0.2, 0.25) is 0 Å². The van der Waals surface area contributed by atoms with E-state index in [0.29, 0.717) is 32.7 Å². The lowest BCUT2D eigenvalue weighted by atomic mass is 9.53. The molecule has 4 fully saturated rings. The first-order chi connectivity index (χ1) is 18.8. The highest BCUT2D eigenvalue weighted by atomic mass is 35.5. The summed E-state index contributed by atoms with van der Waals surface area (Å²) in [6.07, 6.45) is 7.42. The minimum atomic E-state index is -0.251. The first kappa shape index (κ1) is 24.7. The Hall–Kier alpha value is -3.35. The van der Waals surface area contributed by atoms with Crippen molar-refractivity contribution in [1.82, 2.24) is 15.3 Å². The number of nitrogens with one attached hydrogen (secondary N) is 3. The molecular formula is C31H28Cl2N4O2. The second-order valence-electron chi connectivity index (χ2n) is 11.6. The number of anilines is 1. The van der Waals surface area contributed by atoms with E-state index in [1.807, 2.05) is 30.3 Å². The summed E-state index contributed by atoms with van der Waals surface area (Å²) in [5.74, 6) is 2.77. The highest BCUT2D eigenvalue weighted by molar-refractivity contribution is 6.42. The molecule has 3 N–H and O–H groups in total. The van der Waals surface area contributed by atoms with E-state index in [1.165, 1.54) is 19.3 Å². The standard InChI is InChI=1S/C31H28Cl2N4O2/c32-24-7-6-23(13-25(24)33)34-29(38)21-3-1-20(2-4-21)28-35-26-8-5-22(12-27(26)36-28)30(39)37-31-14-17-9-18(15-31)11-19(10-17)16-31/h1-8,12-13,17-19H,9-11,14-16H2,(H,34,38)(H,35,36)(H,37,39). The Kier molecular flexibility index (Phi) is 5.94. The zero-order valence-corrected chi connectivity index (χ0v) is 22.8. The lowest BCUT2D eigenvalue weighted by Gasteiger charge is -2.56. The van der Waals surface area contributed by atoms with Gasteiger partial charge in [0, 0.05) is 27.9 Å². The van der Waals surface area contributed by atoms with Crippen LogP contribution in [0.25, 0.3) is 22.4 Å². The zero-order valence-electron chi connectivity index (χ0n) is 21.3. The number of imidazole rings is 1. The second kappa shape index (κ2) is 9.39. The summed E-state index contributed by atoms with van der Waals surface area (Å²) < 4.78 is 0. The number of hydrogen-bond donors (Lipinski definition) is 3. The molecule has 1 aromatic heterocycles. The molecule has 4 aliphatic carbocycles. The molecule has 4 bridgehead atoms. The number of carbonyl (C=O) groups excluding carboxylic acids is 2. The van der Waals surface area contributed by atoms with Crippen molar-refractivity contribution in [3.63, 3.8) is 0 Å². The fourth-order valence-corrected chi connectivity index (χ4v) is 7.72. The summed E-state index contributed by atoms with van der Waals surface area (Å²) in [5.41, 5.74) is 4.14. The monoisotopic (exact) mass is 558 g/mol. The molecular weight excluding hydrogens is 531 g/mol. The van der Waals surface area contributed by atoms with E-state index in [-0.39, 0.29) is 17.4 Å². The molecule has 6 nitrogen and oxygen atoms in total. The van der Waals surface area contributed by atoms with Gasteiger partial charge in [-0.05, 0) is 105 Å². The highest BCUT2D eigenvalue weighted by Crippen LogP contribution is 2.55. The Morgan fingerprint density at radius 3 is 2.13 bits per heavy atom. The molecule has 8 heteroatoms. The van der Waals surface area contributed by atoms with E-state index in [0.717, 1.165) is 53.6 Å². The molecule has 0 aliphatic heterocycles. The molecule has 4 aromatic rings. The van der Waals surface area contributed by atoms with E-state index in [9.17, 15) is 9.59 Å². The Labute approximate surface area is 236 Å². The third-order valence-corrected chi connectivity index (χ3v) is 9.50. The molecule has 0 atom stereocenters. The Balaban J connectivity index is 1.06. The van der Waals surface area contributed by atoms with Gasteiger partial charge in [0.15, 0.2) is 0 Å². The number of aromatic amines is 1. The molecule has 2 amide bonds. The van der Waals surface area contributed by atoms with Gasteiger partial charge in [-0.3, -0.25) is 9.59 Å². The number of amides is 2. The molecule has 0 spiro atoms.